The number of halogens is 1. The van der Waals surface area contributed by atoms with Gasteiger partial charge in [0.1, 0.15) is 23.1 Å². The molecule has 1 N–H and O–H groups in total. The minimum Gasteiger partial charge on any atom is -0.495 e. The molecule has 2 aliphatic rings. The number of ether oxygens (including phenoxy) is 3. The average molecular weight is 510 g/mol. The van der Waals surface area contributed by atoms with Crippen LogP contribution in [0.5, 0.6) is 11.5 Å². The summed E-state index contributed by atoms with van der Waals surface area (Å²) >= 11 is 3.42. The van der Waals surface area contributed by atoms with Crippen molar-refractivity contribution in [3.8, 4) is 11.5 Å². The molecule has 4 atom stereocenters. The molecule has 2 aromatic carbocycles. The van der Waals surface area contributed by atoms with Gasteiger partial charge in [0.25, 0.3) is 0 Å². The summed E-state index contributed by atoms with van der Waals surface area (Å²) in [6.45, 7) is 0. The van der Waals surface area contributed by atoms with E-state index < -0.39 is 34.8 Å². The maximum absolute atomic E-state index is 14.2. The van der Waals surface area contributed by atoms with Gasteiger partial charge < -0.3 is 19.3 Å². The molecule has 1 unspecified atom stereocenters. The van der Waals surface area contributed by atoms with Gasteiger partial charge in [0.2, 0.25) is 11.4 Å². The number of ketones is 1. The standard InChI is InChI=1S/C25H20BrNO6/c1-31-17-12-18-21(27-13-17)24(30)20(22(28)32-2)19(14-6-4-3-5-7-14)25(33-18,23(24)29)15-8-10-16(26)11-9-15/h3-13,19-20,30H,1-2H3/t19-,20-,24-,25?/m1/s1. The summed E-state index contributed by atoms with van der Waals surface area (Å²) in [5.74, 6) is -3.00. The van der Waals surface area contributed by atoms with Gasteiger partial charge in [-0.3, -0.25) is 9.59 Å². The van der Waals surface area contributed by atoms with Crippen LogP contribution in [0.25, 0.3) is 0 Å². The maximum Gasteiger partial charge on any atom is 0.313 e. The van der Waals surface area contributed by atoms with Crippen molar-refractivity contribution in [2.75, 3.05) is 14.2 Å². The molecule has 0 spiro atoms. The van der Waals surface area contributed by atoms with Crippen LogP contribution in [0.1, 0.15) is 22.7 Å². The first-order chi connectivity index (χ1) is 15.9. The number of nitrogens with zero attached hydrogens (tertiary/aromatic N) is 1. The quantitative estimate of drug-likeness (QED) is 0.537. The number of methoxy groups -OCH3 is 2. The Balaban J connectivity index is 1.88. The van der Waals surface area contributed by atoms with E-state index >= 15 is 0 Å². The molecule has 7 nitrogen and oxygen atoms in total. The average Bonchev–Trinajstić information content (AvgIpc) is 2.97. The molecular formula is C25H20BrNO6. The molecule has 0 radical (unpaired) electrons. The SMILES string of the molecule is COC(=O)[C@H]1[C@@H](c2ccccc2)C2(c3ccc(Br)cc3)Oc3cc(OC)cnc3[C@@]1(O)C2=O. The van der Waals surface area contributed by atoms with E-state index in [2.05, 4.69) is 20.9 Å². The Kier molecular flexibility index (Phi) is 5.02. The lowest BCUT2D eigenvalue weighted by atomic mass is 9.75. The summed E-state index contributed by atoms with van der Waals surface area (Å²) in [5, 5.41) is 12.0. The second kappa shape index (κ2) is 7.67. The Labute approximate surface area is 198 Å². The van der Waals surface area contributed by atoms with E-state index in [0.717, 1.165) is 4.47 Å². The van der Waals surface area contributed by atoms with Crippen LogP contribution in [-0.2, 0) is 25.5 Å². The number of rotatable bonds is 4. The highest BCUT2D eigenvalue weighted by Crippen LogP contribution is 2.64. The molecule has 0 saturated heterocycles. The predicted molar refractivity (Wildman–Crippen MR) is 121 cm³/mol. The van der Waals surface area contributed by atoms with Crippen molar-refractivity contribution in [1.29, 1.82) is 0 Å². The first kappa shape index (κ1) is 21.6. The number of carbonyl (C=O) groups is 2. The van der Waals surface area contributed by atoms with Crippen LogP contribution in [0, 0.1) is 5.92 Å². The fourth-order valence-electron chi connectivity index (χ4n) is 5.07. The zero-order valence-corrected chi connectivity index (χ0v) is 19.4. The molecule has 3 aromatic rings. The molecule has 2 bridgehead atoms. The van der Waals surface area contributed by atoms with Crippen molar-refractivity contribution in [2.24, 2.45) is 5.92 Å². The summed E-state index contributed by atoms with van der Waals surface area (Å²) in [5.41, 5.74) is -2.84. The first-order valence-electron chi connectivity index (χ1n) is 10.3. The molecule has 1 saturated carbocycles. The molecule has 33 heavy (non-hydrogen) atoms. The van der Waals surface area contributed by atoms with E-state index in [4.69, 9.17) is 14.2 Å². The molecule has 8 heteroatoms. The number of benzene rings is 2. The van der Waals surface area contributed by atoms with Crippen LogP contribution in [0.3, 0.4) is 0 Å². The second-order valence-corrected chi connectivity index (χ2v) is 8.97. The second-order valence-electron chi connectivity index (χ2n) is 8.05. The molecule has 5 rings (SSSR count). The normalized spacial score (nSPS) is 27.5. The fourth-order valence-corrected chi connectivity index (χ4v) is 5.33. The third-order valence-corrected chi connectivity index (χ3v) is 7.02. The number of aliphatic hydroxyl groups is 1. The van der Waals surface area contributed by atoms with Crippen LogP contribution >= 0.6 is 15.9 Å². The van der Waals surface area contributed by atoms with E-state index in [0.29, 0.717) is 16.9 Å². The third kappa shape index (κ3) is 2.87. The van der Waals surface area contributed by atoms with Crippen LogP contribution in [-0.4, -0.2) is 36.1 Å². The van der Waals surface area contributed by atoms with Crippen molar-refractivity contribution in [1.82, 2.24) is 4.98 Å². The summed E-state index contributed by atoms with van der Waals surface area (Å²) in [7, 11) is 2.71. The Morgan fingerprint density at radius 2 is 1.82 bits per heavy atom. The number of esters is 1. The number of carbonyl (C=O) groups excluding carboxylic acids is 2. The van der Waals surface area contributed by atoms with E-state index in [-0.39, 0.29) is 11.4 Å². The van der Waals surface area contributed by atoms with E-state index in [9.17, 15) is 14.7 Å². The van der Waals surface area contributed by atoms with Crippen LogP contribution in [0.15, 0.2) is 71.3 Å². The van der Waals surface area contributed by atoms with Gasteiger partial charge in [-0.05, 0) is 17.7 Å². The predicted octanol–water partition coefficient (Wildman–Crippen LogP) is 3.48. The fraction of sp³-hybridized carbons (Fsp3) is 0.240. The van der Waals surface area contributed by atoms with Gasteiger partial charge >= 0.3 is 5.97 Å². The van der Waals surface area contributed by atoms with Crippen LogP contribution in [0.2, 0.25) is 0 Å². The van der Waals surface area contributed by atoms with Crippen molar-refractivity contribution in [3.05, 3.63) is 88.2 Å². The third-order valence-electron chi connectivity index (χ3n) is 6.49. The lowest BCUT2D eigenvalue weighted by Gasteiger charge is -2.38. The highest BCUT2D eigenvalue weighted by atomic mass is 79.9. The van der Waals surface area contributed by atoms with Gasteiger partial charge in [-0.1, -0.05) is 58.4 Å². The molecule has 1 aliphatic carbocycles. The summed E-state index contributed by atoms with van der Waals surface area (Å²) in [6.07, 6.45) is 1.38. The van der Waals surface area contributed by atoms with Crippen molar-refractivity contribution >= 4 is 27.7 Å². The smallest absolute Gasteiger partial charge is 0.313 e. The van der Waals surface area contributed by atoms with E-state index in [1.54, 1.807) is 42.5 Å². The molecule has 2 heterocycles. The Bertz CT molecular complexity index is 1250. The number of aromatic nitrogens is 1. The minimum absolute atomic E-state index is 0.0325. The molecule has 1 aromatic heterocycles. The largest absolute Gasteiger partial charge is 0.495 e. The van der Waals surface area contributed by atoms with Gasteiger partial charge in [0, 0.05) is 16.1 Å². The monoisotopic (exact) mass is 509 g/mol. The topological polar surface area (TPSA) is 95.0 Å². The van der Waals surface area contributed by atoms with Crippen molar-refractivity contribution < 1.29 is 28.9 Å². The van der Waals surface area contributed by atoms with Crippen LogP contribution < -0.4 is 9.47 Å². The summed E-state index contributed by atoms with van der Waals surface area (Å²) in [6, 6.07) is 17.7. The van der Waals surface area contributed by atoms with Crippen LogP contribution in [0.4, 0.5) is 0 Å². The maximum atomic E-state index is 14.2. The molecule has 168 valence electrons. The van der Waals surface area contributed by atoms with Gasteiger partial charge in [0.15, 0.2) is 5.60 Å². The highest BCUT2D eigenvalue weighted by molar-refractivity contribution is 9.10. The van der Waals surface area contributed by atoms with Crippen molar-refractivity contribution in [3.63, 3.8) is 0 Å². The molecular weight excluding hydrogens is 490 g/mol. The zero-order valence-electron chi connectivity index (χ0n) is 17.8. The Morgan fingerprint density at radius 3 is 2.45 bits per heavy atom. The van der Waals surface area contributed by atoms with Gasteiger partial charge in [-0.25, -0.2) is 4.98 Å². The number of hydrogen-bond acceptors (Lipinski definition) is 7. The minimum atomic E-state index is -2.26. The Morgan fingerprint density at radius 1 is 1.12 bits per heavy atom. The number of Topliss-reactive ketones (excluding diaryl/α,β-unsaturated/α-hetero) is 1. The lowest BCUT2D eigenvalue weighted by molar-refractivity contribution is -0.163. The number of pyridine rings is 1. The number of hydrogen-bond donors (Lipinski definition) is 1. The molecule has 0 amide bonds. The highest BCUT2D eigenvalue weighted by Gasteiger charge is 2.77. The summed E-state index contributed by atoms with van der Waals surface area (Å²) < 4.78 is 17.7. The van der Waals surface area contributed by atoms with Crippen molar-refractivity contribution in [2.45, 2.75) is 17.1 Å². The zero-order chi connectivity index (χ0) is 23.4. The number of fused-ring (bicyclic) bond motifs is 4. The van der Waals surface area contributed by atoms with Gasteiger partial charge in [-0.2, -0.15) is 0 Å². The van der Waals surface area contributed by atoms with Gasteiger partial charge in [-0.15, -0.1) is 0 Å². The van der Waals surface area contributed by atoms with E-state index in [1.165, 1.54) is 20.4 Å². The Hall–Kier alpha value is -3.23. The van der Waals surface area contributed by atoms with E-state index in [1.807, 2.05) is 18.2 Å². The first-order valence-corrected chi connectivity index (χ1v) is 11.1. The molecule has 1 aliphatic heterocycles. The molecule has 1 fully saturated rings. The van der Waals surface area contributed by atoms with Gasteiger partial charge in [0.05, 0.1) is 26.3 Å². The lowest BCUT2D eigenvalue weighted by Crippen LogP contribution is -2.51. The summed E-state index contributed by atoms with van der Waals surface area (Å²) in [4.78, 5) is 31.7.